The van der Waals surface area contributed by atoms with Gasteiger partial charge in [-0.25, -0.2) is 4.79 Å². The summed E-state index contributed by atoms with van der Waals surface area (Å²) < 4.78 is 0. The number of carbonyl (C=O) groups excluding carboxylic acids is 6. The molecule has 0 radical (unpaired) electrons. The monoisotopic (exact) mass is 541 g/mol. The molecule has 11 nitrogen and oxygen atoms in total. The number of imide groups is 1. The van der Waals surface area contributed by atoms with Crippen molar-refractivity contribution in [3.63, 3.8) is 0 Å². The number of Topliss-reactive ketones (excluding diaryl/α,β-unsaturated/α-hetero) is 1. The van der Waals surface area contributed by atoms with Crippen LogP contribution in [-0.2, 0) is 30.4 Å². The smallest absolute Gasteiger partial charge is 0.312 e. The Balaban J connectivity index is 2.08. The average Bonchev–Trinajstić information content (AvgIpc) is 3.16. The highest BCUT2D eigenvalue weighted by Gasteiger charge is 2.31. The molecule has 6 amide bonds. The van der Waals surface area contributed by atoms with Gasteiger partial charge in [-0.3, -0.25) is 28.9 Å². The summed E-state index contributed by atoms with van der Waals surface area (Å²) in [6.45, 7) is 7.49. The quantitative estimate of drug-likeness (QED) is 0.195. The second kappa shape index (κ2) is 14.8. The molecule has 0 saturated carbocycles. The number of nitrogens with two attached hydrogens (primary N) is 1. The summed E-state index contributed by atoms with van der Waals surface area (Å²) in [5.74, 6) is -3.09. The van der Waals surface area contributed by atoms with Crippen LogP contribution in [0.1, 0.15) is 52.5 Å². The molecular weight excluding hydrogens is 502 g/mol. The van der Waals surface area contributed by atoms with Crippen molar-refractivity contribution < 1.29 is 28.8 Å². The molecule has 2 atom stereocenters. The third-order valence-corrected chi connectivity index (χ3v) is 6.24. The Kier molecular flexibility index (Phi) is 11.8. The van der Waals surface area contributed by atoms with Crippen LogP contribution in [-0.4, -0.2) is 59.5 Å². The Morgan fingerprint density at radius 3 is 2.10 bits per heavy atom. The number of ketones is 1. The lowest BCUT2D eigenvalue weighted by Crippen LogP contribution is -2.49. The van der Waals surface area contributed by atoms with E-state index < -0.39 is 42.3 Å². The molecule has 0 unspecified atom stereocenters. The fourth-order valence-corrected chi connectivity index (χ4v) is 4.26. The predicted molar refractivity (Wildman–Crippen MR) is 146 cm³/mol. The minimum absolute atomic E-state index is 0.153. The number of hydrogen-bond donors (Lipinski definition) is 4. The third-order valence-electron chi connectivity index (χ3n) is 6.24. The number of amides is 6. The van der Waals surface area contributed by atoms with Gasteiger partial charge in [-0.15, -0.1) is 0 Å². The van der Waals surface area contributed by atoms with E-state index in [4.69, 9.17) is 5.73 Å². The Morgan fingerprint density at radius 2 is 1.56 bits per heavy atom. The highest BCUT2D eigenvalue weighted by Crippen LogP contribution is 2.20. The van der Waals surface area contributed by atoms with E-state index in [-0.39, 0.29) is 30.6 Å². The molecule has 0 spiro atoms. The van der Waals surface area contributed by atoms with Crippen molar-refractivity contribution in [1.29, 1.82) is 0 Å². The van der Waals surface area contributed by atoms with Crippen LogP contribution in [0, 0.1) is 17.8 Å². The average molecular weight is 542 g/mol. The number of hydrogen-bond acceptors (Lipinski definition) is 6. The summed E-state index contributed by atoms with van der Waals surface area (Å²) in [6, 6.07) is 5.92. The minimum Gasteiger partial charge on any atom is -0.352 e. The lowest BCUT2D eigenvalue weighted by Gasteiger charge is -2.25. The summed E-state index contributed by atoms with van der Waals surface area (Å²) in [4.78, 5) is 74.4. The van der Waals surface area contributed by atoms with E-state index in [1.807, 2.05) is 24.3 Å². The first-order chi connectivity index (χ1) is 18.4. The number of urea groups is 1. The van der Waals surface area contributed by atoms with E-state index in [9.17, 15) is 28.8 Å². The lowest BCUT2D eigenvalue weighted by molar-refractivity contribution is -0.141. The molecule has 1 heterocycles. The van der Waals surface area contributed by atoms with Crippen LogP contribution in [0.15, 0.2) is 36.4 Å². The van der Waals surface area contributed by atoms with Crippen LogP contribution < -0.4 is 21.7 Å². The van der Waals surface area contributed by atoms with Gasteiger partial charge in [0.1, 0.15) is 6.54 Å². The maximum atomic E-state index is 13.3. The van der Waals surface area contributed by atoms with Crippen molar-refractivity contribution in [2.45, 2.75) is 59.4 Å². The van der Waals surface area contributed by atoms with Crippen LogP contribution in [0.3, 0.4) is 0 Å². The largest absolute Gasteiger partial charge is 0.352 e. The molecule has 1 aromatic rings. The number of nitrogens with zero attached hydrogens (tertiary/aromatic N) is 1. The van der Waals surface area contributed by atoms with Gasteiger partial charge in [-0.2, -0.15) is 0 Å². The summed E-state index contributed by atoms with van der Waals surface area (Å²) >= 11 is 0. The fourth-order valence-electron chi connectivity index (χ4n) is 4.26. The van der Waals surface area contributed by atoms with Gasteiger partial charge in [0.15, 0.2) is 5.78 Å². The van der Waals surface area contributed by atoms with Gasteiger partial charge < -0.3 is 21.7 Å². The van der Waals surface area contributed by atoms with Gasteiger partial charge in [-0.1, -0.05) is 39.8 Å². The molecule has 0 bridgehead atoms. The van der Waals surface area contributed by atoms with Crippen LogP contribution >= 0.6 is 0 Å². The standard InChI is InChI=1S/C28H39N5O6/c1-17(2)14-19-7-9-21(10-8-19)31-27(38)20(6-5-13-30-28(29)39)15-22(34)26(18(3)4)32-23(35)16-33-24(36)11-12-25(33)37/h7-12,17-18,20,26H,5-6,13-16H2,1-4H3,(H,31,38)(H,32,35)(H3,29,30,39)/t20-,26-/m1/s1. The second-order valence-electron chi connectivity index (χ2n) is 10.5. The molecule has 212 valence electrons. The zero-order chi connectivity index (χ0) is 29.1. The maximum Gasteiger partial charge on any atom is 0.312 e. The van der Waals surface area contributed by atoms with Crippen molar-refractivity contribution in [3.8, 4) is 0 Å². The number of benzene rings is 1. The van der Waals surface area contributed by atoms with Crippen LogP contribution in [0.25, 0.3) is 0 Å². The molecular formula is C28H39N5O6. The Bertz CT molecular complexity index is 1080. The molecule has 0 saturated heterocycles. The van der Waals surface area contributed by atoms with Gasteiger partial charge in [0, 0.05) is 36.7 Å². The van der Waals surface area contributed by atoms with Gasteiger partial charge in [-0.05, 0) is 48.8 Å². The molecule has 0 fully saturated rings. The van der Waals surface area contributed by atoms with E-state index in [0.717, 1.165) is 29.0 Å². The molecule has 2 rings (SSSR count). The SMILES string of the molecule is CC(C)Cc1ccc(NC(=O)[C@H](CCCNC(N)=O)CC(=O)[C@H](NC(=O)CN2C(=O)C=CC2=O)C(C)C)cc1. The van der Waals surface area contributed by atoms with E-state index >= 15 is 0 Å². The van der Waals surface area contributed by atoms with E-state index in [1.165, 1.54) is 0 Å². The van der Waals surface area contributed by atoms with Crippen LogP contribution in [0.2, 0.25) is 0 Å². The third kappa shape index (κ3) is 10.3. The Labute approximate surface area is 228 Å². The van der Waals surface area contributed by atoms with Crippen molar-refractivity contribution in [1.82, 2.24) is 15.5 Å². The molecule has 0 aromatic heterocycles. The van der Waals surface area contributed by atoms with Gasteiger partial charge >= 0.3 is 6.03 Å². The van der Waals surface area contributed by atoms with Crippen LogP contribution in [0.5, 0.6) is 0 Å². The molecule has 1 aliphatic heterocycles. The van der Waals surface area contributed by atoms with Gasteiger partial charge in [0.05, 0.1) is 6.04 Å². The molecule has 39 heavy (non-hydrogen) atoms. The van der Waals surface area contributed by atoms with Crippen molar-refractivity contribution in [2.24, 2.45) is 23.5 Å². The second-order valence-corrected chi connectivity index (χ2v) is 10.5. The Morgan fingerprint density at radius 1 is 0.949 bits per heavy atom. The molecule has 1 aliphatic rings. The number of primary amides is 1. The summed E-state index contributed by atoms with van der Waals surface area (Å²) in [5.41, 5.74) is 6.86. The fraction of sp³-hybridized carbons (Fsp3) is 0.500. The van der Waals surface area contributed by atoms with Gasteiger partial charge in [0.25, 0.3) is 11.8 Å². The first-order valence-corrected chi connectivity index (χ1v) is 13.2. The Hall–Kier alpha value is -4.02. The summed E-state index contributed by atoms with van der Waals surface area (Å²) in [5, 5.41) is 7.95. The molecule has 5 N–H and O–H groups in total. The first kappa shape index (κ1) is 31.2. The number of nitrogens with one attached hydrogen (secondary N) is 3. The van der Waals surface area contributed by atoms with Crippen molar-refractivity contribution >= 4 is 41.1 Å². The normalized spacial score (nSPS) is 14.5. The molecule has 0 aliphatic carbocycles. The first-order valence-electron chi connectivity index (χ1n) is 13.2. The minimum atomic E-state index is -0.923. The predicted octanol–water partition coefficient (Wildman–Crippen LogP) is 1.91. The van der Waals surface area contributed by atoms with Crippen molar-refractivity contribution in [2.75, 3.05) is 18.4 Å². The van der Waals surface area contributed by atoms with Crippen LogP contribution in [0.4, 0.5) is 10.5 Å². The summed E-state index contributed by atoms with van der Waals surface area (Å²) in [6.07, 6.45) is 3.62. The number of anilines is 1. The van der Waals surface area contributed by atoms with E-state index in [0.29, 0.717) is 24.4 Å². The number of rotatable bonds is 15. The highest BCUT2D eigenvalue weighted by molar-refractivity contribution is 6.14. The zero-order valence-corrected chi connectivity index (χ0v) is 23.0. The highest BCUT2D eigenvalue weighted by atomic mass is 16.2. The number of carbonyl (C=O) groups is 6. The van der Waals surface area contributed by atoms with Crippen molar-refractivity contribution in [3.05, 3.63) is 42.0 Å². The zero-order valence-electron chi connectivity index (χ0n) is 23.0. The molecule has 1 aromatic carbocycles. The van der Waals surface area contributed by atoms with E-state index in [2.05, 4.69) is 29.8 Å². The topological polar surface area (TPSA) is 168 Å². The summed E-state index contributed by atoms with van der Waals surface area (Å²) in [7, 11) is 0. The molecule has 11 heteroatoms. The maximum absolute atomic E-state index is 13.3. The van der Waals surface area contributed by atoms with Gasteiger partial charge in [0.2, 0.25) is 11.8 Å². The lowest BCUT2D eigenvalue weighted by atomic mass is 9.89. The van der Waals surface area contributed by atoms with E-state index in [1.54, 1.807) is 13.8 Å².